The van der Waals surface area contributed by atoms with Crippen LogP contribution in [0.5, 0.6) is 0 Å². The lowest BCUT2D eigenvalue weighted by Gasteiger charge is -2.14. The number of ether oxygens (including phenoxy) is 1. The molecular weight excluding hydrogens is 440 g/mol. The van der Waals surface area contributed by atoms with Crippen LogP contribution in [0.15, 0.2) is 77.7 Å². The monoisotopic (exact) mass is 466 g/mol. The fourth-order valence-electron chi connectivity index (χ4n) is 3.19. The van der Waals surface area contributed by atoms with Gasteiger partial charge in [0.15, 0.2) is 6.61 Å². The van der Waals surface area contributed by atoms with E-state index in [9.17, 15) is 18.0 Å². The van der Waals surface area contributed by atoms with E-state index in [1.54, 1.807) is 25.1 Å². The second-order valence-electron chi connectivity index (χ2n) is 7.71. The van der Waals surface area contributed by atoms with Gasteiger partial charge in [0.2, 0.25) is 10.0 Å². The number of sulfonamides is 1. The number of hydrogen-bond acceptors (Lipinski definition) is 5. The number of nitrogens with zero attached hydrogens (tertiary/aromatic N) is 1. The quantitative estimate of drug-likeness (QED) is 0.512. The summed E-state index contributed by atoms with van der Waals surface area (Å²) in [6.45, 7) is 1.25. The van der Waals surface area contributed by atoms with Crippen LogP contribution < -0.4 is 5.32 Å². The summed E-state index contributed by atoms with van der Waals surface area (Å²) in [5.41, 5.74) is 3.26. The Morgan fingerprint density at radius 1 is 0.939 bits per heavy atom. The number of amides is 1. The van der Waals surface area contributed by atoms with E-state index in [-0.39, 0.29) is 4.90 Å². The fraction of sp³-hybridized carbons (Fsp3) is 0.200. The van der Waals surface area contributed by atoms with Gasteiger partial charge in [-0.2, -0.15) is 0 Å². The van der Waals surface area contributed by atoms with Gasteiger partial charge in [0.05, 0.1) is 10.5 Å². The smallest absolute Gasteiger partial charge is 0.338 e. The van der Waals surface area contributed by atoms with Crippen molar-refractivity contribution in [1.29, 1.82) is 0 Å². The number of carbonyl (C=O) groups is 2. The number of carbonyl (C=O) groups excluding carboxylic acids is 2. The van der Waals surface area contributed by atoms with Gasteiger partial charge in [0, 0.05) is 19.8 Å². The highest BCUT2D eigenvalue weighted by Gasteiger charge is 2.19. The molecule has 0 spiro atoms. The minimum atomic E-state index is -3.65. The highest BCUT2D eigenvalue weighted by atomic mass is 32.2. The average Bonchev–Trinajstić information content (AvgIpc) is 2.79. The lowest BCUT2D eigenvalue weighted by molar-refractivity contribution is -0.119. The van der Waals surface area contributed by atoms with Crippen LogP contribution in [0.2, 0.25) is 0 Å². The molecular formula is C25H26N2O5S. The maximum atomic E-state index is 12.7. The Balaban J connectivity index is 1.67. The van der Waals surface area contributed by atoms with E-state index < -0.39 is 28.5 Å². The van der Waals surface area contributed by atoms with E-state index in [1.165, 1.54) is 26.2 Å². The molecule has 0 heterocycles. The van der Waals surface area contributed by atoms with Crippen LogP contribution in [-0.4, -0.2) is 45.3 Å². The van der Waals surface area contributed by atoms with Crippen LogP contribution in [0.4, 0.5) is 5.69 Å². The average molecular weight is 467 g/mol. The topological polar surface area (TPSA) is 92.8 Å². The number of nitrogens with one attached hydrogen (secondary N) is 1. The fourth-order valence-corrected chi connectivity index (χ4v) is 4.12. The number of rotatable bonds is 8. The minimum absolute atomic E-state index is 0.0558. The Morgan fingerprint density at radius 2 is 1.61 bits per heavy atom. The molecule has 172 valence electrons. The summed E-state index contributed by atoms with van der Waals surface area (Å²) in [6.07, 6.45) is 0.560. The largest absolute Gasteiger partial charge is 0.452 e. The molecule has 0 aliphatic carbocycles. The van der Waals surface area contributed by atoms with Crippen LogP contribution in [0.3, 0.4) is 0 Å². The van der Waals surface area contributed by atoms with Gasteiger partial charge in [-0.05, 0) is 48.2 Å². The summed E-state index contributed by atoms with van der Waals surface area (Å²) in [5.74, 6) is -1.16. The van der Waals surface area contributed by atoms with Crippen LogP contribution >= 0.6 is 0 Å². The van der Waals surface area contributed by atoms with Gasteiger partial charge in [0.1, 0.15) is 0 Å². The van der Waals surface area contributed by atoms with Crippen molar-refractivity contribution in [3.63, 3.8) is 0 Å². The minimum Gasteiger partial charge on any atom is -0.452 e. The van der Waals surface area contributed by atoms with Gasteiger partial charge in [0.25, 0.3) is 5.91 Å². The summed E-state index contributed by atoms with van der Waals surface area (Å²) in [4.78, 5) is 25.1. The van der Waals surface area contributed by atoms with Crippen molar-refractivity contribution in [3.05, 3.63) is 95.1 Å². The molecule has 0 fully saturated rings. The molecule has 0 bridgehead atoms. The van der Waals surface area contributed by atoms with E-state index in [0.29, 0.717) is 23.2 Å². The summed E-state index contributed by atoms with van der Waals surface area (Å²) in [5, 5.41) is 2.62. The molecule has 0 aliphatic heterocycles. The Morgan fingerprint density at radius 3 is 2.30 bits per heavy atom. The molecule has 0 saturated heterocycles. The molecule has 3 aromatic carbocycles. The van der Waals surface area contributed by atoms with Crippen molar-refractivity contribution in [2.75, 3.05) is 26.0 Å². The zero-order chi connectivity index (χ0) is 24.0. The highest BCUT2D eigenvalue weighted by molar-refractivity contribution is 7.89. The zero-order valence-corrected chi connectivity index (χ0v) is 19.6. The first kappa shape index (κ1) is 24.2. The maximum Gasteiger partial charge on any atom is 0.338 e. The Kier molecular flexibility index (Phi) is 7.63. The lowest BCUT2D eigenvalue weighted by atomic mass is 10.00. The summed E-state index contributed by atoms with van der Waals surface area (Å²) >= 11 is 0. The van der Waals surface area contributed by atoms with Gasteiger partial charge in [-0.25, -0.2) is 17.5 Å². The number of benzene rings is 3. The van der Waals surface area contributed by atoms with Crippen molar-refractivity contribution < 1.29 is 22.7 Å². The molecule has 1 N–H and O–H groups in total. The van der Waals surface area contributed by atoms with Crippen molar-refractivity contribution in [1.82, 2.24) is 4.31 Å². The third kappa shape index (κ3) is 6.06. The standard InChI is InChI=1S/C25H26N2O5S/c1-18-13-14-21(33(30,31)27(2)3)16-23(18)26-24(28)17-32-25(29)22-12-8-7-11-20(22)15-19-9-5-4-6-10-19/h4-14,16H,15,17H2,1-3H3,(H,26,28). The number of aryl methyl sites for hydroxylation is 1. The number of esters is 1. The Hall–Kier alpha value is -3.49. The molecule has 0 unspecified atom stereocenters. The first-order chi connectivity index (χ1) is 15.7. The molecule has 33 heavy (non-hydrogen) atoms. The predicted octanol–water partition coefficient (Wildman–Crippen LogP) is 3.63. The first-order valence-electron chi connectivity index (χ1n) is 10.3. The summed E-state index contributed by atoms with van der Waals surface area (Å²) in [6, 6.07) is 21.3. The third-order valence-electron chi connectivity index (χ3n) is 5.07. The van der Waals surface area contributed by atoms with Gasteiger partial charge in [-0.3, -0.25) is 4.79 Å². The van der Waals surface area contributed by atoms with Crippen molar-refractivity contribution in [2.24, 2.45) is 0 Å². The van der Waals surface area contributed by atoms with Gasteiger partial charge < -0.3 is 10.1 Å². The molecule has 1 amide bonds. The first-order valence-corrected chi connectivity index (χ1v) is 11.7. The van der Waals surface area contributed by atoms with Gasteiger partial charge in [-0.15, -0.1) is 0 Å². The molecule has 0 atom stereocenters. The van der Waals surface area contributed by atoms with Crippen LogP contribution in [0.1, 0.15) is 27.0 Å². The van der Waals surface area contributed by atoms with E-state index in [4.69, 9.17) is 4.74 Å². The maximum absolute atomic E-state index is 12.7. The second kappa shape index (κ2) is 10.4. The molecule has 7 nitrogen and oxygen atoms in total. The lowest BCUT2D eigenvalue weighted by Crippen LogP contribution is -2.24. The molecule has 0 saturated carbocycles. The van der Waals surface area contributed by atoms with Crippen molar-refractivity contribution in [3.8, 4) is 0 Å². The zero-order valence-electron chi connectivity index (χ0n) is 18.7. The molecule has 3 rings (SSSR count). The Labute approximate surface area is 194 Å². The van der Waals surface area contributed by atoms with E-state index in [0.717, 1.165) is 15.4 Å². The van der Waals surface area contributed by atoms with Gasteiger partial charge >= 0.3 is 5.97 Å². The van der Waals surface area contributed by atoms with Crippen molar-refractivity contribution >= 4 is 27.6 Å². The highest BCUT2D eigenvalue weighted by Crippen LogP contribution is 2.22. The van der Waals surface area contributed by atoms with Crippen molar-refractivity contribution in [2.45, 2.75) is 18.2 Å². The normalized spacial score (nSPS) is 11.3. The molecule has 3 aromatic rings. The van der Waals surface area contributed by atoms with Crippen LogP contribution in [0, 0.1) is 6.92 Å². The number of anilines is 1. The summed E-state index contributed by atoms with van der Waals surface area (Å²) < 4.78 is 31.1. The molecule has 0 aromatic heterocycles. The van der Waals surface area contributed by atoms with E-state index in [1.807, 2.05) is 42.5 Å². The third-order valence-corrected chi connectivity index (χ3v) is 6.88. The van der Waals surface area contributed by atoms with Gasteiger partial charge in [-0.1, -0.05) is 54.6 Å². The number of hydrogen-bond donors (Lipinski definition) is 1. The van der Waals surface area contributed by atoms with E-state index >= 15 is 0 Å². The predicted molar refractivity (Wildman–Crippen MR) is 127 cm³/mol. The summed E-state index contributed by atoms with van der Waals surface area (Å²) in [7, 11) is -0.782. The van der Waals surface area contributed by atoms with E-state index in [2.05, 4.69) is 5.32 Å². The molecule has 0 radical (unpaired) electrons. The molecule has 0 aliphatic rings. The van der Waals surface area contributed by atoms with Crippen LogP contribution in [-0.2, 0) is 26.0 Å². The SMILES string of the molecule is Cc1ccc(S(=O)(=O)N(C)C)cc1NC(=O)COC(=O)c1ccccc1Cc1ccccc1. The Bertz CT molecular complexity index is 1250. The molecule has 8 heteroatoms. The van der Waals surface area contributed by atoms with Crippen LogP contribution in [0.25, 0.3) is 0 Å². The second-order valence-corrected chi connectivity index (χ2v) is 9.86.